The SMILES string of the molecule is CC(C)Cc1cc2c(-c3ccc4ccccc4c3)cccc2[cH-]1.CC(C)Cc1cc2c(-c3ccc4ccccc4c3)cccc2[cH-]1.C[Si](C)=[Zr+2].[Cl-].[Cl-]. The van der Waals surface area contributed by atoms with Crippen molar-refractivity contribution in [3.8, 4) is 22.3 Å². The molecule has 8 aromatic carbocycles. The minimum absolute atomic E-state index is 0. The summed E-state index contributed by atoms with van der Waals surface area (Å²) in [6, 6.07) is 53.4. The molecule has 0 saturated carbocycles. The topological polar surface area (TPSA) is 0 Å². The molecule has 0 radical (unpaired) electrons. The Morgan fingerprint density at radius 3 is 1.21 bits per heavy atom. The van der Waals surface area contributed by atoms with Gasteiger partial charge in [-0.3, -0.25) is 0 Å². The van der Waals surface area contributed by atoms with Gasteiger partial charge in [-0.25, -0.2) is 0 Å². The van der Waals surface area contributed by atoms with Crippen LogP contribution in [-0.4, -0.2) is 5.43 Å². The maximum absolute atomic E-state index is 2.37. The van der Waals surface area contributed by atoms with Crippen LogP contribution in [-0.2, 0) is 36.2 Å². The van der Waals surface area contributed by atoms with E-state index in [1.807, 2.05) is 0 Å². The van der Waals surface area contributed by atoms with Crippen molar-refractivity contribution in [2.45, 2.75) is 53.6 Å². The first kappa shape index (κ1) is 41.5. The third-order valence-electron chi connectivity index (χ3n) is 9.03. The van der Waals surface area contributed by atoms with Gasteiger partial charge in [-0.05, 0) is 69.5 Å². The zero-order valence-corrected chi connectivity index (χ0v) is 36.2. The zero-order chi connectivity index (χ0) is 35.2. The number of benzene rings is 6. The average Bonchev–Trinajstić information content (AvgIpc) is 3.70. The van der Waals surface area contributed by atoms with Crippen molar-refractivity contribution in [1.82, 2.24) is 0 Å². The van der Waals surface area contributed by atoms with Gasteiger partial charge in [0, 0.05) is 0 Å². The normalized spacial score (nSPS) is 10.8. The van der Waals surface area contributed by atoms with Crippen LogP contribution in [0.2, 0.25) is 13.1 Å². The van der Waals surface area contributed by atoms with Gasteiger partial charge >= 0.3 is 41.9 Å². The fraction of sp³-hybridized carbons (Fsp3) is 0.208. The maximum atomic E-state index is 2.37. The summed E-state index contributed by atoms with van der Waals surface area (Å²) < 4.78 is 0. The van der Waals surface area contributed by atoms with E-state index in [1.54, 1.807) is 23.3 Å². The molecule has 52 heavy (non-hydrogen) atoms. The molecule has 0 N–H and O–H groups in total. The van der Waals surface area contributed by atoms with Crippen LogP contribution in [0.4, 0.5) is 0 Å². The second-order valence-corrected chi connectivity index (χ2v) is 24.0. The Labute approximate surface area is 338 Å². The monoisotopic (exact) mass is 812 g/mol. The van der Waals surface area contributed by atoms with E-state index in [4.69, 9.17) is 0 Å². The Balaban J connectivity index is 0.000000204. The summed E-state index contributed by atoms with van der Waals surface area (Å²) in [4.78, 5) is 0. The number of rotatable bonds is 6. The molecule has 0 atom stereocenters. The largest absolute Gasteiger partial charge is 1.00 e. The molecule has 0 spiro atoms. The Bertz CT molecular complexity index is 2230. The van der Waals surface area contributed by atoms with E-state index in [1.165, 1.54) is 76.5 Å². The van der Waals surface area contributed by atoms with E-state index in [0.717, 1.165) is 12.8 Å². The van der Waals surface area contributed by atoms with Crippen molar-refractivity contribution < 1.29 is 48.1 Å². The first-order valence-corrected chi connectivity index (χ1v) is 24.2. The molecular formula is C48H48Cl2SiZr-2. The summed E-state index contributed by atoms with van der Waals surface area (Å²) >= 11 is 1.74. The van der Waals surface area contributed by atoms with Gasteiger partial charge in [0.2, 0.25) is 0 Å². The summed E-state index contributed by atoms with van der Waals surface area (Å²) in [7, 11) is 0. The van der Waals surface area contributed by atoms with E-state index < -0.39 is 0 Å². The Hall–Kier alpha value is -3.26. The minimum atomic E-state index is 0. The molecule has 0 aliphatic rings. The van der Waals surface area contributed by atoms with Gasteiger partial charge in [-0.2, -0.15) is 12.1 Å². The van der Waals surface area contributed by atoms with Crippen LogP contribution < -0.4 is 24.8 Å². The minimum Gasteiger partial charge on any atom is -1.00 e. The van der Waals surface area contributed by atoms with E-state index in [0.29, 0.717) is 11.8 Å². The van der Waals surface area contributed by atoms with Gasteiger partial charge in [-0.1, -0.05) is 124 Å². The molecule has 0 amide bonds. The van der Waals surface area contributed by atoms with E-state index in [9.17, 15) is 0 Å². The molecular weight excluding hydrogens is 767 g/mol. The molecule has 8 rings (SSSR count). The molecule has 0 saturated heterocycles. The molecule has 0 bridgehead atoms. The fourth-order valence-corrected chi connectivity index (χ4v) is 6.99. The van der Waals surface area contributed by atoms with Crippen molar-refractivity contribution in [2.75, 3.05) is 0 Å². The van der Waals surface area contributed by atoms with Gasteiger partial charge in [0.05, 0.1) is 0 Å². The Kier molecular flexibility index (Phi) is 15.3. The van der Waals surface area contributed by atoms with Gasteiger partial charge in [0.1, 0.15) is 0 Å². The molecule has 0 nitrogen and oxygen atoms in total. The number of hydrogen-bond donors (Lipinski definition) is 0. The fourth-order valence-electron chi connectivity index (χ4n) is 6.99. The number of fused-ring (bicyclic) bond motifs is 4. The molecule has 0 aromatic heterocycles. The molecule has 0 aliphatic carbocycles. The molecule has 8 aromatic rings. The molecule has 0 unspecified atom stereocenters. The summed E-state index contributed by atoms with van der Waals surface area (Å²) in [5.41, 5.74) is 8.38. The smallest absolute Gasteiger partial charge is 1.00 e. The van der Waals surface area contributed by atoms with Crippen LogP contribution in [0, 0.1) is 11.8 Å². The molecule has 4 heteroatoms. The van der Waals surface area contributed by atoms with Crippen LogP contribution in [0.25, 0.3) is 65.3 Å². The molecule has 264 valence electrons. The van der Waals surface area contributed by atoms with Crippen molar-refractivity contribution in [1.29, 1.82) is 0 Å². The van der Waals surface area contributed by atoms with Crippen LogP contribution >= 0.6 is 0 Å². The molecule has 0 fully saturated rings. The van der Waals surface area contributed by atoms with E-state index in [2.05, 4.69) is 186 Å². The van der Waals surface area contributed by atoms with Crippen LogP contribution in [0.1, 0.15) is 38.8 Å². The predicted molar refractivity (Wildman–Crippen MR) is 220 cm³/mol. The molecule has 0 heterocycles. The van der Waals surface area contributed by atoms with Gasteiger partial charge < -0.3 is 24.8 Å². The Morgan fingerprint density at radius 1 is 0.481 bits per heavy atom. The van der Waals surface area contributed by atoms with Gasteiger partial charge in [-0.15, -0.1) is 69.1 Å². The summed E-state index contributed by atoms with van der Waals surface area (Å²) in [6.45, 7) is 13.7. The predicted octanol–water partition coefficient (Wildman–Crippen LogP) is 7.95. The van der Waals surface area contributed by atoms with Gasteiger partial charge in [0.15, 0.2) is 0 Å². The van der Waals surface area contributed by atoms with Gasteiger partial charge in [0.25, 0.3) is 0 Å². The van der Waals surface area contributed by atoms with Crippen LogP contribution in [0.15, 0.2) is 146 Å². The second-order valence-electron chi connectivity index (χ2n) is 14.7. The van der Waals surface area contributed by atoms with Crippen molar-refractivity contribution in [2.24, 2.45) is 11.8 Å². The summed E-state index contributed by atoms with van der Waals surface area (Å²) in [5, 5.41) is 10.7. The van der Waals surface area contributed by atoms with Crippen molar-refractivity contribution in [3.05, 3.63) is 157 Å². The van der Waals surface area contributed by atoms with Crippen molar-refractivity contribution >= 4 is 48.5 Å². The second kappa shape index (κ2) is 19.2. The van der Waals surface area contributed by atoms with E-state index >= 15 is 0 Å². The maximum Gasteiger partial charge on any atom is -1.00 e. The zero-order valence-electron chi connectivity index (χ0n) is 31.2. The number of hydrogen-bond acceptors (Lipinski definition) is 0. The first-order valence-electron chi connectivity index (χ1n) is 18.0. The number of halogens is 2. The summed E-state index contributed by atoms with van der Waals surface area (Å²) in [6.07, 6.45) is 2.29. The quantitative estimate of drug-likeness (QED) is 0.118. The molecule has 0 aliphatic heterocycles. The van der Waals surface area contributed by atoms with Crippen LogP contribution in [0.5, 0.6) is 0 Å². The Morgan fingerprint density at radius 2 is 0.846 bits per heavy atom. The average molecular weight is 815 g/mol. The van der Waals surface area contributed by atoms with Crippen LogP contribution in [0.3, 0.4) is 0 Å². The van der Waals surface area contributed by atoms with Crippen molar-refractivity contribution in [3.63, 3.8) is 0 Å². The third kappa shape index (κ3) is 10.4. The third-order valence-corrected chi connectivity index (χ3v) is 9.03. The summed E-state index contributed by atoms with van der Waals surface area (Å²) in [5.74, 6) is 1.38. The first-order chi connectivity index (χ1) is 24.1. The van der Waals surface area contributed by atoms with E-state index in [-0.39, 0.29) is 30.2 Å². The standard InChI is InChI=1S/2C23H21.C2H6Si.2ClH.Zr/c2*1-16(2)12-17-13-20-8-5-9-22(23(20)14-17)21-11-10-18-6-3-4-7-19(18)15-21;1-3-2;;;/h2*3-11,13-16H,12H2,1-2H3;1-2H3;2*1H;/q2*-1;;;;+2/p-2.